The first kappa shape index (κ1) is 13.6. The molecule has 0 atom stereocenters. The van der Waals surface area contributed by atoms with Crippen LogP contribution in [0.4, 0.5) is 5.69 Å². The molecule has 2 aromatic heterocycles. The van der Waals surface area contributed by atoms with Gasteiger partial charge in [0, 0.05) is 12.4 Å². The van der Waals surface area contributed by atoms with Gasteiger partial charge < -0.3 is 0 Å². The van der Waals surface area contributed by atoms with E-state index in [1.165, 1.54) is 6.20 Å². The van der Waals surface area contributed by atoms with Gasteiger partial charge in [-0.15, -0.1) is 0 Å². The number of anilines is 1. The van der Waals surface area contributed by atoms with Crippen molar-refractivity contribution < 1.29 is 8.42 Å². The molecule has 108 valence electrons. The van der Waals surface area contributed by atoms with Crippen LogP contribution in [0.15, 0.2) is 47.5 Å². The fraction of sp³-hybridized carbons (Fsp3) is 0.143. The second-order valence-electron chi connectivity index (χ2n) is 4.72. The summed E-state index contributed by atoms with van der Waals surface area (Å²) in [6.07, 6.45) is 1.49. The van der Waals surface area contributed by atoms with Crippen molar-refractivity contribution >= 4 is 26.7 Å². The van der Waals surface area contributed by atoms with E-state index in [1.807, 2.05) is 6.92 Å². The molecule has 2 heterocycles. The first-order chi connectivity index (χ1) is 9.97. The molecule has 0 spiro atoms. The largest absolute Gasteiger partial charge is 0.278 e. The van der Waals surface area contributed by atoms with Crippen molar-refractivity contribution in [1.29, 1.82) is 0 Å². The van der Waals surface area contributed by atoms with Crippen molar-refractivity contribution in [3.63, 3.8) is 0 Å². The highest BCUT2D eigenvalue weighted by Crippen LogP contribution is 2.21. The van der Waals surface area contributed by atoms with Gasteiger partial charge in [-0.3, -0.25) is 9.40 Å². The van der Waals surface area contributed by atoms with E-state index < -0.39 is 10.0 Å². The van der Waals surface area contributed by atoms with Gasteiger partial charge in [0.15, 0.2) is 5.65 Å². The zero-order chi connectivity index (χ0) is 15.0. The van der Waals surface area contributed by atoms with Crippen LogP contribution < -0.4 is 4.72 Å². The van der Waals surface area contributed by atoms with Crippen molar-refractivity contribution in [1.82, 2.24) is 14.8 Å². The highest BCUT2D eigenvalue weighted by molar-refractivity contribution is 7.92. The third kappa shape index (κ3) is 2.47. The van der Waals surface area contributed by atoms with E-state index in [0.29, 0.717) is 5.69 Å². The molecule has 1 N–H and O–H groups in total. The monoisotopic (exact) mass is 302 g/mol. The molecule has 3 rings (SSSR count). The van der Waals surface area contributed by atoms with Gasteiger partial charge in [0.1, 0.15) is 0 Å². The van der Waals surface area contributed by atoms with Gasteiger partial charge >= 0.3 is 0 Å². The van der Waals surface area contributed by atoms with Gasteiger partial charge in [-0.2, -0.15) is 5.10 Å². The lowest BCUT2D eigenvalue weighted by molar-refractivity contribution is 0.601. The van der Waals surface area contributed by atoms with E-state index in [0.717, 1.165) is 16.7 Å². The van der Waals surface area contributed by atoms with Crippen LogP contribution in [0.2, 0.25) is 0 Å². The molecule has 1 aromatic carbocycles. The predicted octanol–water partition coefficient (Wildman–Crippen LogP) is 2.08. The van der Waals surface area contributed by atoms with Crippen LogP contribution in [0.1, 0.15) is 5.69 Å². The third-order valence-electron chi connectivity index (χ3n) is 3.17. The van der Waals surface area contributed by atoms with Crippen molar-refractivity contribution in [2.24, 2.45) is 7.05 Å². The average molecular weight is 302 g/mol. The average Bonchev–Trinajstić information content (AvgIpc) is 2.74. The zero-order valence-corrected chi connectivity index (χ0v) is 12.4. The minimum absolute atomic E-state index is 0.216. The SMILES string of the molecule is Cc1nn(C)c2ncc(NS(=O)(=O)c3ccccc3)cc12. The molecule has 6 nitrogen and oxygen atoms in total. The Balaban J connectivity index is 2.00. The number of pyridine rings is 1. The maximum atomic E-state index is 12.3. The number of nitrogens with one attached hydrogen (secondary N) is 1. The summed E-state index contributed by atoms with van der Waals surface area (Å²) in [5.41, 5.74) is 1.94. The van der Waals surface area contributed by atoms with E-state index in [4.69, 9.17) is 0 Å². The van der Waals surface area contributed by atoms with Gasteiger partial charge in [0.2, 0.25) is 0 Å². The van der Waals surface area contributed by atoms with Crippen molar-refractivity contribution in [3.05, 3.63) is 48.3 Å². The van der Waals surface area contributed by atoms with Crippen molar-refractivity contribution in [2.45, 2.75) is 11.8 Å². The molecule has 21 heavy (non-hydrogen) atoms. The van der Waals surface area contributed by atoms with E-state index in [1.54, 1.807) is 48.1 Å². The lowest BCUT2D eigenvalue weighted by Gasteiger charge is -2.07. The fourth-order valence-corrected chi connectivity index (χ4v) is 3.23. The minimum Gasteiger partial charge on any atom is -0.278 e. The van der Waals surface area contributed by atoms with E-state index in [2.05, 4.69) is 14.8 Å². The minimum atomic E-state index is -3.61. The van der Waals surface area contributed by atoms with E-state index >= 15 is 0 Å². The normalized spacial score (nSPS) is 11.7. The second-order valence-corrected chi connectivity index (χ2v) is 6.41. The highest BCUT2D eigenvalue weighted by Gasteiger charge is 2.15. The van der Waals surface area contributed by atoms with Crippen LogP contribution in [-0.4, -0.2) is 23.2 Å². The molecule has 0 aliphatic carbocycles. The highest BCUT2D eigenvalue weighted by atomic mass is 32.2. The third-order valence-corrected chi connectivity index (χ3v) is 4.57. The quantitative estimate of drug-likeness (QED) is 0.803. The topological polar surface area (TPSA) is 76.9 Å². The van der Waals surface area contributed by atoms with Crippen LogP contribution in [0, 0.1) is 6.92 Å². The van der Waals surface area contributed by atoms with Crippen LogP contribution in [0.3, 0.4) is 0 Å². The molecule has 0 fully saturated rings. The first-order valence-electron chi connectivity index (χ1n) is 6.34. The molecule has 0 aliphatic rings. The molecule has 0 bridgehead atoms. The zero-order valence-electron chi connectivity index (χ0n) is 11.6. The summed E-state index contributed by atoms with van der Waals surface area (Å²) in [5, 5.41) is 5.09. The maximum Gasteiger partial charge on any atom is 0.261 e. The predicted molar refractivity (Wildman–Crippen MR) is 80.5 cm³/mol. The number of sulfonamides is 1. The molecule has 7 heteroatoms. The number of fused-ring (bicyclic) bond motifs is 1. The maximum absolute atomic E-state index is 12.3. The van der Waals surface area contributed by atoms with Gasteiger partial charge in [-0.1, -0.05) is 18.2 Å². The Kier molecular flexibility index (Phi) is 3.13. The molecule has 0 radical (unpaired) electrons. The Morgan fingerprint density at radius 3 is 2.62 bits per heavy atom. The Bertz CT molecular complexity index is 901. The van der Waals surface area contributed by atoms with Crippen molar-refractivity contribution in [2.75, 3.05) is 4.72 Å². The van der Waals surface area contributed by atoms with E-state index in [-0.39, 0.29) is 4.90 Å². The summed E-state index contributed by atoms with van der Waals surface area (Å²) >= 11 is 0. The van der Waals surface area contributed by atoms with Crippen LogP contribution in [0.25, 0.3) is 11.0 Å². The van der Waals surface area contributed by atoms with E-state index in [9.17, 15) is 8.42 Å². The summed E-state index contributed by atoms with van der Waals surface area (Å²) in [6, 6.07) is 9.96. The number of aromatic nitrogens is 3. The standard InChI is InChI=1S/C14H14N4O2S/c1-10-13-8-11(9-15-14(13)18(2)16-10)17-21(19,20)12-6-4-3-5-7-12/h3-9,17H,1-2H3. The number of hydrogen-bond acceptors (Lipinski definition) is 4. The summed E-state index contributed by atoms with van der Waals surface area (Å²) in [6.45, 7) is 1.86. The lowest BCUT2D eigenvalue weighted by Crippen LogP contribution is -2.12. The number of rotatable bonds is 3. The Labute approximate surface area is 122 Å². The molecule has 3 aromatic rings. The van der Waals surface area contributed by atoms with Crippen LogP contribution >= 0.6 is 0 Å². The summed E-state index contributed by atoms with van der Waals surface area (Å²) in [4.78, 5) is 4.47. The molecule has 0 unspecified atom stereocenters. The lowest BCUT2D eigenvalue weighted by atomic mass is 10.3. The molecule has 0 aliphatic heterocycles. The molecule has 0 amide bonds. The Morgan fingerprint density at radius 1 is 1.19 bits per heavy atom. The second kappa shape index (κ2) is 4.85. The smallest absolute Gasteiger partial charge is 0.261 e. The van der Waals surface area contributed by atoms with Gasteiger partial charge in [-0.25, -0.2) is 13.4 Å². The van der Waals surface area contributed by atoms with Gasteiger partial charge in [0.25, 0.3) is 10.0 Å². The van der Waals surface area contributed by atoms with Gasteiger partial charge in [-0.05, 0) is 25.1 Å². The summed E-state index contributed by atoms with van der Waals surface area (Å²) in [5.74, 6) is 0. The van der Waals surface area contributed by atoms with Crippen LogP contribution in [-0.2, 0) is 17.1 Å². The number of hydrogen-bond donors (Lipinski definition) is 1. The molecule has 0 saturated carbocycles. The number of nitrogens with zero attached hydrogens (tertiary/aromatic N) is 3. The van der Waals surface area contributed by atoms with Crippen LogP contribution in [0.5, 0.6) is 0 Å². The number of aryl methyl sites for hydroxylation is 2. The Morgan fingerprint density at radius 2 is 1.90 bits per heavy atom. The number of benzene rings is 1. The first-order valence-corrected chi connectivity index (χ1v) is 7.83. The molecule has 0 saturated heterocycles. The fourth-order valence-electron chi connectivity index (χ4n) is 2.18. The van der Waals surface area contributed by atoms with Crippen molar-refractivity contribution in [3.8, 4) is 0 Å². The van der Waals surface area contributed by atoms with Gasteiger partial charge in [0.05, 0.1) is 22.5 Å². The Hall–Kier alpha value is -2.41. The molecular weight excluding hydrogens is 288 g/mol. The summed E-state index contributed by atoms with van der Waals surface area (Å²) in [7, 11) is -1.80. The molecular formula is C14H14N4O2S. The summed E-state index contributed by atoms with van der Waals surface area (Å²) < 4.78 is 28.7.